The molecule has 1 unspecified atom stereocenters. The number of benzene rings is 1. The largest absolute Gasteiger partial charge is 0.313 e. The minimum Gasteiger partial charge on any atom is -0.313 e. The number of rotatable bonds is 3. The van der Waals surface area contributed by atoms with Gasteiger partial charge in [0.15, 0.2) is 11.6 Å². The molecule has 0 amide bonds. The molecule has 1 heterocycles. The molecule has 0 bridgehead atoms. The lowest BCUT2D eigenvalue weighted by Crippen LogP contribution is -2.35. The van der Waals surface area contributed by atoms with Gasteiger partial charge >= 0.3 is 0 Å². The molecule has 16 heavy (non-hydrogen) atoms. The van der Waals surface area contributed by atoms with E-state index in [9.17, 15) is 8.78 Å². The molecule has 1 nitrogen and oxygen atoms in total. The monoisotopic (exact) mass is 243 g/mol. The van der Waals surface area contributed by atoms with Crippen molar-refractivity contribution in [2.24, 2.45) is 0 Å². The second-order valence-corrected chi connectivity index (χ2v) is 5.13. The zero-order valence-electron chi connectivity index (χ0n) is 9.01. The fraction of sp³-hybridized carbons (Fsp3) is 0.500. The summed E-state index contributed by atoms with van der Waals surface area (Å²) in [5.74, 6) is -0.618. The van der Waals surface area contributed by atoms with Gasteiger partial charge < -0.3 is 5.32 Å². The smallest absolute Gasteiger partial charge is 0.159 e. The lowest BCUT2D eigenvalue weighted by Gasteiger charge is -2.22. The van der Waals surface area contributed by atoms with Gasteiger partial charge in [0.2, 0.25) is 0 Å². The van der Waals surface area contributed by atoms with E-state index in [2.05, 4.69) is 5.32 Å². The van der Waals surface area contributed by atoms with Gasteiger partial charge in [-0.25, -0.2) is 8.78 Å². The molecular weight excluding hydrogens is 228 g/mol. The highest BCUT2D eigenvalue weighted by Crippen LogP contribution is 2.23. The highest BCUT2D eigenvalue weighted by atomic mass is 32.2. The molecule has 1 saturated heterocycles. The number of piperidine rings is 1. The lowest BCUT2D eigenvalue weighted by atomic mass is 10.1. The van der Waals surface area contributed by atoms with Crippen LogP contribution in [0.15, 0.2) is 23.1 Å². The van der Waals surface area contributed by atoms with Crippen LogP contribution in [0, 0.1) is 11.6 Å². The molecule has 4 heteroatoms. The molecule has 1 aromatic rings. The van der Waals surface area contributed by atoms with E-state index in [4.69, 9.17) is 0 Å². The molecule has 88 valence electrons. The summed E-state index contributed by atoms with van der Waals surface area (Å²) in [6, 6.07) is 4.59. The third-order valence-electron chi connectivity index (χ3n) is 2.75. The number of hydrogen-bond acceptors (Lipinski definition) is 2. The van der Waals surface area contributed by atoms with Crippen molar-refractivity contribution >= 4 is 11.8 Å². The zero-order valence-corrected chi connectivity index (χ0v) is 9.83. The summed E-state index contributed by atoms with van der Waals surface area (Å²) in [4.78, 5) is 0.797. The van der Waals surface area contributed by atoms with Crippen molar-refractivity contribution in [3.63, 3.8) is 0 Å². The van der Waals surface area contributed by atoms with Crippen molar-refractivity contribution in [2.75, 3.05) is 12.3 Å². The van der Waals surface area contributed by atoms with E-state index in [1.807, 2.05) is 0 Å². The summed E-state index contributed by atoms with van der Waals surface area (Å²) in [6.45, 7) is 1.07. The summed E-state index contributed by atoms with van der Waals surface area (Å²) in [5.41, 5.74) is 0. The summed E-state index contributed by atoms with van der Waals surface area (Å²) in [5, 5.41) is 3.43. The second kappa shape index (κ2) is 5.64. The van der Waals surface area contributed by atoms with Crippen LogP contribution < -0.4 is 5.32 Å². The van der Waals surface area contributed by atoms with Crippen LogP contribution in [-0.2, 0) is 0 Å². The van der Waals surface area contributed by atoms with Gasteiger partial charge in [-0.05, 0) is 37.6 Å². The van der Waals surface area contributed by atoms with Gasteiger partial charge in [0.05, 0.1) is 0 Å². The predicted octanol–water partition coefficient (Wildman–Crippen LogP) is 3.20. The molecule has 1 fully saturated rings. The number of nitrogens with one attached hydrogen (secondary N) is 1. The van der Waals surface area contributed by atoms with Gasteiger partial charge in [0, 0.05) is 16.7 Å². The summed E-state index contributed by atoms with van der Waals surface area (Å²) in [7, 11) is 0. The molecule has 1 aliphatic heterocycles. The van der Waals surface area contributed by atoms with E-state index < -0.39 is 11.6 Å². The molecule has 0 spiro atoms. The van der Waals surface area contributed by atoms with Crippen molar-refractivity contribution in [3.05, 3.63) is 29.8 Å². The molecule has 0 saturated carbocycles. The highest BCUT2D eigenvalue weighted by molar-refractivity contribution is 7.99. The van der Waals surface area contributed by atoms with Gasteiger partial charge in [0.25, 0.3) is 0 Å². The van der Waals surface area contributed by atoms with Crippen molar-refractivity contribution in [1.82, 2.24) is 5.32 Å². The van der Waals surface area contributed by atoms with Crippen LogP contribution in [0.5, 0.6) is 0 Å². The first kappa shape index (κ1) is 11.9. The van der Waals surface area contributed by atoms with Crippen molar-refractivity contribution in [1.29, 1.82) is 0 Å². The number of halogens is 2. The van der Waals surface area contributed by atoms with Crippen LogP contribution in [0.2, 0.25) is 0 Å². The van der Waals surface area contributed by atoms with Gasteiger partial charge in [0.1, 0.15) is 0 Å². The Morgan fingerprint density at radius 1 is 1.25 bits per heavy atom. The third kappa shape index (κ3) is 3.19. The Hall–Kier alpha value is -0.610. The van der Waals surface area contributed by atoms with Crippen LogP contribution in [0.3, 0.4) is 0 Å². The van der Waals surface area contributed by atoms with Crippen LogP contribution >= 0.6 is 11.8 Å². The standard InChI is InChI=1S/C12H15F2NS/c13-11-5-4-10(7-12(11)14)16-8-9-3-1-2-6-15-9/h4-5,7,9,15H,1-3,6,8H2. The maximum Gasteiger partial charge on any atom is 0.159 e. The highest BCUT2D eigenvalue weighted by Gasteiger charge is 2.13. The van der Waals surface area contributed by atoms with Crippen LogP contribution in [0.25, 0.3) is 0 Å². The molecular formula is C12H15F2NS. The first-order chi connectivity index (χ1) is 7.75. The summed E-state index contributed by atoms with van der Waals surface area (Å²) >= 11 is 1.58. The normalized spacial score (nSPS) is 21.0. The predicted molar refractivity (Wildman–Crippen MR) is 62.7 cm³/mol. The fourth-order valence-electron chi connectivity index (χ4n) is 1.83. The Balaban J connectivity index is 1.86. The Labute approximate surface area is 98.6 Å². The molecule has 1 atom stereocenters. The van der Waals surface area contributed by atoms with E-state index in [1.54, 1.807) is 17.8 Å². The molecule has 0 aromatic heterocycles. The number of thioether (sulfide) groups is 1. The number of hydrogen-bond donors (Lipinski definition) is 1. The Morgan fingerprint density at radius 3 is 2.81 bits per heavy atom. The summed E-state index contributed by atoms with van der Waals surface area (Å²) < 4.78 is 25.6. The maximum absolute atomic E-state index is 12.9. The van der Waals surface area contributed by atoms with Crippen LogP contribution in [0.4, 0.5) is 8.78 Å². The van der Waals surface area contributed by atoms with E-state index in [0.717, 1.165) is 17.2 Å². The van der Waals surface area contributed by atoms with Crippen molar-refractivity contribution < 1.29 is 8.78 Å². The van der Waals surface area contributed by atoms with Crippen molar-refractivity contribution in [2.45, 2.75) is 30.2 Å². The average molecular weight is 243 g/mol. The second-order valence-electron chi connectivity index (χ2n) is 4.03. The zero-order chi connectivity index (χ0) is 11.4. The molecule has 2 rings (SSSR count). The van der Waals surface area contributed by atoms with Crippen molar-refractivity contribution in [3.8, 4) is 0 Å². The minimum absolute atomic E-state index is 0.506. The molecule has 0 aliphatic carbocycles. The molecule has 1 aromatic carbocycles. The molecule has 1 N–H and O–H groups in total. The quantitative estimate of drug-likeness (QED) is 0.818. The van der Waals surface area contributed by atoms with Crippen LogP contribution in [0.1, 0.15) is 19.3 Å². The van der Waals surface area contributed by atoms with E-state index in [1.165, 1.54) is 31.4 Å². The van der Waals surface area contributed by atoms with Gasteiger partial charge in [-0.15, -0.1) is 11.8 Å². The third-order valence-corrected chi connectivity index (χ3v) is 3.91. The molecule has 1 aliphatic rings. The molecule has 0 radical (unpaired) electrons. The van der Waals surface area contributed by atoms with Crippen LogP contribution in [-0.4, -0.2) is 18.3 Å². The van der Waals surface area contributed by atoms with Gasteiger partial charge in [-0.2, -0.15) is 0 Å². The van der Waals surface area contributed by atoms with E-state index in [0.29, 0.717) is 6.04 Å². The topological polar surface area (TPSA) is 12.0 Å². The van der Waals surface area contributed by atoms with Gasteiger partial charge in [-0.1, -0.05) is 6.42 Å². The first-order valence-corrected chi connectivity index (χ1v) is 6.55. The Morgan fingerprint density at radius 2 is 2.12 bits per heavy atom. The SMILES string of the molecule is Fc1ccc(SCC2CCCCN2)cc1F. The minimum atomic E-state index is -0.778. The average Bonchev–Trinajstić information content (AvgIpc) is 2.32. The first-order valence-electron chi connectivity index (χ1n) is 5.57. The summed E-state index contributed by atoms with van der Waals surface area (Å²) in [6.07, 6.45) is 3.68. The Kier molecular flexibility index (Phi) is 4.18. The fourth-order valence-corrected chi connectivity index (χ4v) is 2.86. The van der Waals surface area contributed by atoms with E-state index >= 15 is 0 Å². The lowest BCUT2D eigenvalue weighted by molar-refractivity contribution is 0.430. The Bertz CT molecular complexity index is 351. The van der Waals surface area contributed by atoms with E-state index in [-0.39, 0.29) is 0 Å². The van der Waals surface area contributed by atoms with Gasteiger partial charge in [-0.3, -0.25) is 0 Å². The maximum atomic E-state index is 12.9.